The smallest absolute Gasteiger partial charge is 0.308 e. The third kappa shape index (κ3) is 3.18. The molecule has 1 aliphatic rings. The number of nitrogens with zero attached hydrogens (tertiary/aromatic N) is 1. The van der Waals surface area contributed by atoms with Crippen molar-refractivity contribution in [3.05, 3.63) is 34.9 Å². The molecular weight excluding hydrogens is 254 g/mol. The van der Waals surface area contributed by atoms with E-state index in [-0.39, 0.29) is 18.5 Å². The van der Waals surface area contributed by atoms with Crippen molar-refractivity contribution in [2.45, 2.75) is 39.7 Å². The van der Waals surface area contributed by atoms with Gasteiger partial charge in [0.25, 0.3) is 5.91 Å². The van der Waals surface area contributed by atoms with E-state index < -0.39 is 11.9 Å². The number of hydrogen-bond acceptors (Lipinski definition) is 2. The van der Waals surface area contributed by atoms with Gasteiger partial charge in [-0.15, -0.1) is 0 Å². The summed E-state index contributed by atoms with van der Waals surface area (Å²) in [4.78, 5) is 25.4. The van der Waals surface area contributed by atoms with Crippen LogP contribution in [0.4, 0.5) is 0 Å². The number of carboxylic acid groups (broad SMARTS) is 1. The number of carbonyl (C=O) groups is 2. The van der Waals surface area contributed by atoms with Crippen LogP contribution in [-0.2, 0) is 4.79 Å². The Kier molecular flexibility index (Phi) is 4.12. The van der Waals surface area contributed by atoms with Crippen LogP contribution in [0, 0.1) is 19.8 Å². The summed E-state index contributed by atoms with van der Waals surface area (Å²) >= 11 is 0. The van der Waals surface area contributed by atoms with Crippen molar-refractivity contribution in [2.75, 3.05) is 6.54 Å². The van der Waals surface area contributed by atoms with Crippen molar-refractivity contribution >= 4 is 11.9 Å². The normalized spacial score (nSPS) is 15.8. The maximum absolute atomic E-state index is 12.6. The lowest BCUT2D eigenvalue weighted by atomic mass is 10.0. The van der Waals surface area contributed by atoms with E-state index in [4.69, 9.17) is 5.11 Å². The molecule has 1 aliphatic carbocycles. The first-order valence-corrected chi connectivity index (χ1v) is 7.01. The molecule has 1 saturated carbocycles. The van der Waals surface area contributed by atoms with E-state index in [0.29, 0.717) is 5.56 Å². The molecule has 0 aliphatic heterocycles. The van der Waals surface area contributed by atoms with Crippen molar-refractivity contribution in [1.29, 1.82) is 0 Å². The Bertz CT molecular complexity index is 535. The van der Waals surface area contributed by atoms with E-state index in [2.05, 4.69) is 0 Å². The van der Waals surface area contributed by atoms with E-state index in [1.54, 1.807) is 11.8 Å². The second kappa shape index (κ2) is 5.65. The zero-order valence-corrected chi connectivity index (χ0v) is 12.2. The molecule has 4 heteroatoms. The predicted molar refractivity (Wildman–Crippen MR) is 76.8 cm³/mol. The number of aliphatic carboxylic acids is 1. The first-order valence-electron chi connectivity index (χ1n) is 7.01. The van der Waals surface area contributed by atoms with Gasteiger partial charge in [0.1, 0.15) is 0 Å². The van der Waals surface area contributed by atoms with E-state index in [9.17, 15) is 9.59 Å². The summed E-state index contributed by atoms with van der Waals surface area (Å²) in [6.07, 6.45) is 1.95. The number of rotatable bonds is 5. The third-order valence-electron chi connectivity index (χ3n) is 3.75. The van der Waals surface area contributed by atoms with Gasteiger partial charge in [0.2, 0.25) is 0 Å². The van der Waals surface area contributed by atoms with Crippen molar-refractivity contribution in [3.8, 4) is 0 Å². The molecule has 1 unspecified atom stereocenters. The molecule has 0 aromatic heterocycles. The Morgan fingerprint density at radius 1 is 1.35 bits per heavy atom. The van der Waals surface area contributed by atoms with Gasteiger partial charge in [0.05, 0.1) is 5.92 Å². The first kappa shape index (κ1) is 14.6. The molecular formula is C16H21NO3. The topological polar surface area (TPSA) is 57.6 Å². The van der Waals surface area contributed by atoms with Crippen LogP contribution in [0.5, 0.6) is 0 Å². The second-order valence-corrected chi connectivity index (χ2v) is 5.75. The Balaban J connectivity index is 2.20. The quantitative estimate of drug-likeness (QED) is 0.898. The fourth-order valence-electron chi connectivity index (χ4n) is 2.37. The van der Waals surface area contributed by atoms with Crippen molar-refractivity contribution < 1.29 is 14.7 Å². The standard InChI is InChI=1S/C16H21NO3/c1-10-4-7-14(11(2)8-10)15(18)17(13-5-6-13)9-12(3)16(19)20/h4,7-8,12-13H,5-6,9H2,1-3H3,(H,19,20). The molecule has 0 bridgehead atoms. The molecule has 1 atom stereocenters. The zero-order valence-electron chi connectivity index (χ0n) is 12.2. The van der Waals surface area contributed by atoms with Crippen molar-refractivity contribution in [2.24, 2.45) is 5.92 Å². The molecule has 1 aromatic rings. The molecule has 1 N–H and O–H groups in total. The maximum Gasteiger partial charge on any atom is 0.308 e. The predicted octanol–water partition coefficient (Wildman–Crippen LogP) is 2.63. The van der Waals surface area contributed by atoms with Gasteiger partial charge < -0.3 is 10.0 Å². The summed E-state index contributed by atoms with van der Waals surface area (Å²) in [6.45, 7) is 5.84. The molecule has 0 radical (unpaired) electrons. The molecule has 1 amide bonds. The van der Waals surface area contributed by atoms with Crippen LogP contribution in [0.15, 0.2) is 18.2 Å². The minimum absolute atomic E-state index is 0.0434. The molecule has 0 spiro atoms. The molecule has 108 valence electrons. The third-order valence-corrected chi connectivity index (χ3v) is 3.75. The largest absolute Gasteiger partial charge is 0.481 e. The zero-order chi connectivity index (χ0) is 14.9. The molecule has 4 nitrogen and oxygen atoms in total. The van der Waals surface area contributed by atoms with Gasteiger partial charge in [0.15, 0.2) is 0 Å². The number of carbonyl (C=O) groups excluding carboxylic acids is 1. The monoisotopic (exact) mass is 275 g/mol. The second-order valence-electron chi connectivity index (χ2n) is 5.75. The Hall–Kier alpha value is -1.84. The molecule has 0 heterocycles. The van der Waals surface area contributed by atoms with Crippen LogP contribution in [0.25, 0.3) is 0 Å². The van der Waals surface area contributed by atoms with Crippen LogP contribution in [0.1, 0.15) is 41.3 Å². The van der Waals surface area contributed by atoms with Gasteiger partial charge in [-0.05, 0) is 38.3 Å². The van der Waals surface area contributed by atoms with Crippen LogP contribution in [0.3, 0.4) is 0 Å². The molecule has 2 rings (SSSR count). The minimum Gasteiger partial charge on any atom is -0.481 e. The highest BCUT2D eigenvalue weighted by molar-refractivity contribution is 5.96. The van der Waals surface area contributed by atoms with Crippen LogP contribution in [0.2, 0.25) is 0 Å². The lowest BCUT2D eigenvalue weighted by molar-refractivity contribution is -0.141. The highest BCUT2D eigenvalue weighted by Gasteiger charge is 2.35. The van der Waals surface area contributed by atoms with Gasteiger partial charge >= 0.3 is 5.97 Å². The minimum atomic E-state index is -0.857. The van der Waals surface area contributed by atoms with Gasteiger partial charge in [-0.1, -0.05) is 24.6 Å². The number of benzene rings is 1. The highest BCUT2D eigenvalue weighted by atomic mass is 16.4. The fourth-order valence-corrected chi connectivity index (χ4v) is 2.37. The molecule has 1 aromatic carbocycles. The van der Waals surface area contributed by atoms with Crippen LogP contribution < -0.4 is 0 Å². The summed E-state index contributed by atoms with van der Waals surface area (Å²) in [5.74, 6) is -1.44. The van der Waals surface area contributed by atoms with E-state index in [1.807, 2.05) is 32.0 Å². The maximum atomic E-state index is 12.6. The molecule has 1 fully saturated rings. The summed E-state index contributed by atoms with van der Waals surface area (Å²) in [5.41, 5.74) is 2.75. The first-order chi connectivity index (χ1) is 9.40. The van der Waals surface area contributed by atoms with Crippen LogP contribution in [-0.4, -0.2) is 34.5 Å². The van der Waals surface area contributed by atoms with Gasteiger partial charge in [-0.2, -0.15) is 0 Å². The SMILES string of the molecule is Cc1ccc(C(=O)N(CC(C)C(=O)O)C2CC2)c(C)c1. The summed E-state index contributed by atoms with van der Waals surface area (Å²) in [7, 11) is 0. The number of aryl methyl sites for hydroxylation is 2. The van der Waals surface area contributed by atoms with Gasteiger partial charge in [-0.25, -0.2) is 0 Å². The molecule has 0 saturated heterocycles. The van der Waals surface area contributed by atoms with E-state index >= 15 is 0 Å². The number of carboxylic acids is 1. The van der Waals surface area contributed by atoms with E-state index in [0.717, 1.165) is 24.0 Å². The fraction of sp³-hybridized carbons (Fsp3) is 0.500. The van der Waals surface area contributed by atoms with E-state index in [1.165, 1.54) is 0 Å². The number of amides is 1. The van der Waals surface area contributed by atoms with Crippen molar-refractivity contribution in [1.82, 2.24) is 4.90 Å². The van der Waals surface area contributed by atoms with Gasteiger partial charge in [-0.3, -0.25) is 9.59 Å². The Labute approximate surface area is 119 Å². The Morgan fingerprint density at radius 2 is 2.00 bits per heavy atom. The summed E-state index contributed by atoms with van der Waals surface area (Å²) in [5, 5.41) is 9.04. The summed E-state index contributed by atoms with van der Waals surface area (Å²) < 4.78 is 0. The average Bonchev–Trinajstić information content (AvgIpc) is 3.19. The Morgan fingerprint density at radius 3 is 2.50 bits per heavy atom. The number of hydrogen-bond donors (Lipinski definition) is 1. The van der Waals surface area contributed by atoms with Crippen molar-refractivity contribution in [3.63, 3.8) is 0 Å². The van der Waals surface area contributed by atoms with Crippen LogP contribution >= 0.6 is 0 Å². The lowest BCUT2D eigenvalue weighted by Crippen LogP contribution is -2.38. The molecule has 20 heavy (non-hydrogen) atoms. The van der Waals surface area contributed by atoms with Gasteiger partial charge in [0, 0.05) is 18.2 Å². The average molecular weight is 275 g/mol. The summed E-state index contributed by atoms with van der Waals surface area (Å²) in [6, 6.07) is 5.96. The highest BCUT2D eigenvalue weighted by Crippen LogP contribution is 2.29. The lowest BCUT2D eigenvalue weighted by Gasteiger charge is -2.25.